The summed E-state index contributed by atoms with van der Waals surface area (Å²) in [5.74, 6) is -0.125. The number of hydrogen-bond donors (Lipinski definition) is 2. The number of benzene rings is 2. The summed E-state index contributed by atoms with van der Waals surface area (Å²) >= 11 is 0. The maximum atomic E-state index is 13.9. The van der Waals surface area contributed by atoms with Gasteiger partial charge in [-0.25, -0.2) is 0 Å². The number of quaternary nitrogens is 2. The highest BCUT2D eigenvalue weighted by Gasteiger charge is 2.34. The lowest BCUT2D eigenvalue weighted by molar-refractivity contribution is -0.890. The largest absolute Gasteiger partial charge is 0.384 e. The van der Waals surface area contributed by atoms with E-state index in [1.807, 2.05) is 24.3 Å². The summed E-state index contributed by atoms with van der Waals surface area (Å²) in [6.45, 7) is 10.6. The van der Waals surface area contributed by atoms with Crippen molar-refractivity contribution in [2.24, 2.45) is 0 Å². The van der Waals surface area contributed by atoms with Gasteiger partial charge in [0.15, 0.2) is 11.6 Å². The van der Waals surface area contributed by atoms with Crippen molar-refractivity contribution in [3.63, 3.8) is 0 Å². The Morgan fingerprint density at radius 1 is 0.478 bits per heavy atom. The molecule has 0 saturated heterocycles. The number of anilines is 2. The molecular weight excluding hydrogens is 568 g/mol. The number of rotatable bonds is 24. The van der Waals surface area contributed by atoms with E-state index in [1.54, 1.807) is 12.1 Å². The molecule has 0 unspecified atom stereocenters. The summed E-state index contributed by atoms with van der Waals surface area (Å²) in [4.78, 5) is 27.7. The lowest BCUT2D eigenvalue weighted by Crippen LogP contribution is -2.41. The zero-order valence-corrected chi connectivity index (χ0v) is 30.3. The summed E-state index contributed by atoms with van der Waals surface area (Å²) < 4.78 is 2.02. The van der Waals surface area contributed by atoms with Crippen LogP contribution in [0.5, 0.6) is 0 Å². The van der Waals surface area contributed by atoms with Crippen LogP contribution in [0.3, 0.4) is 0 Å². The maximum absolute atomic E-state index is 13.9. The number of unbranched alkanes of at least 4 members (excludes halogenated alkanes) is 10. The smallest absolute Gasteiger partial charge is 0.196 e. The molecule has 0 spiro atoms. The molecule has 0 bridgehead atoms. The summed E-state index contributed by atoms with van der Waals surface area (Å²) in [5, 5.41) is 7.11. The van der Waals surface area contributed by atoms with E-state index in [9.17, 15) is 9.59 Å². The first-order valence-corrected chi connectivity index (χ1v) is 18.6. The third kappa shape index (κ3) is 11.8. The van der Waals surface area contributed by atoms with Crippen LogP contribution in [0.25, 0.3) is 0 Å². The molecule has 0 amide bonds. The van der Waals surface area contributed by atoms with Crippen LogP contribution in [-0.4, -0.2) is 88.0 Å². The van der Waals surface area contributed by atoms with Crippen molar-refractivity contribution in [3.05, 3.63) is 58.7 Å². The van der Waals surface area contributed by atoms with Crippen molar-refractivity contribution in [1.82, 2.24) is 0 Å². The number of fused-ring (bicyclic) bond motifs is 2. The van der Waals surface area contributed by atoms with E-state index in [4.69, 9.17) is 0 Å². The van der Waals surface area contributed by atoms with Crippen LogP contribution < -0.4 is 10.6 Å². The Morgan fingerprint density at radius 3 is 1.22 bits per heavy atom. The second-order valence-corrected chi connectivity index (χ2v) is 15.0. The van der Waals surface area contributed by atoms with E-state index in [0.717, 1.165) is 59.4 Å². The minimum absolute atomic E-state index is 0.0627. The van der Waals surface area contributed by atoms with Crippen molar-refractivity contribution in [1.29, 1.82) is 0 Å². The van der Waals surface area contributed by atoms with E-state index in [2.05, 4.69) is 52.7 Å². The minimum Gasteiger partial charge on any atom is -0.384 e. The predicted molar refractivity (Wildman–Crippen MR) is 196 cm³/mol. The van der Waals surface area contributed by atoms with E-state index in [1.165, 1.54) is 90.1 Å². The average molecular weight is 635 g/mol. The van der Waals surface area contributed by atoms with Crippen molar-refractivity contribution in [2.75, 3.05) is 78.1 Å². The summed E-state index contributed by atoms with van der Waals surface area (Å²) in [6.07, 6.45) is 17.9. The van der Waals surface area contributed by atoms with E-state index < -0.39 is 0 Å². The highest BCUT2D eigenvalue weighted by atomic mass is 16.1. The summed E-state index contributed by atoms with van der Waals surface area (Å²) in [6, 6.07) is 11.3. The molecule has 2 aromatic rings. The van der Waals surface area contributed by atoms with Gasteiger partial charge in [0.05, 0.1) is 65.5 Å². The normalized spacial score (nSPS) is 13.1. The van der Waals surface area contributed by atoms with Gasteiger partial charge in [-0.15, -0.1) is 0 Å². The first kappa shape index (κ1) is 37.8. The fraction of sp³-hybridized carbons (Fsp3) is 0.650. The van der Waals surface area contributed by atoms with Crippen LogP contribution in [-0.2, 0) is 0 Å². The molecule has 2 N–H and O–H groups in total. The van der Waals surface area contributed by atoms with Crippen LogP contribution in [0.2, 0.25) is 0 Å². The number of ketones is 2. The second-order valence-electron chi connectivity index (χ2n) is 15.0. The highest BCUT2D eigenvalue weighted by molar-refractivity contribution is 6.31. The molecule has 6 heteroatoms. The van der Waals surface area contributed by atoms with Gasteiger partial charge < -0.3 is 19.6 Å². The number of carbonyl (C=O) groups excluding carboxylic acids is 2. The SMILES string of the molecule is CCCCCCCC[N+](C)(C)CCCNc1ccc(NCCC[N+](C)(C)CCCCCCCC)c2c1C(=O)c1ccccc1C2=O. The molecular formula is C40H66N4O2+2. The summed E-state index contributed by atoms with van der Waals surface area (Å²) in [5.41, 5.74) is 3.59. The Labute approximate surface area is 281 Å². The molecule has 0 atom stereocenters. The van der Waals surface area contributed by atoms with Crippen LogP contribution in [0.1, 0.15) is 136 Å². The van der Waals surface area contributed by atoms with Crippen LogP contribution >= 0.6 is 0 Å². The van der Waals surface area contributed by atoms with Gasteiger partial charge in [0, 0.05) is 48.4 Å². The van der Waals surface area contributed by atoms with E-state index >= 15 is 0 Å². The molecule has 1 aliphatic rings. The molecule has 256 valence electrons. The Hall–Kier alpha value is -2.70. The zero-order chi connectivity index (χ0) is 33.4. The molecule has 0 saturated carbocycles. The van der Waals surface area contributed by atoms with E-state index in [0.29, 0.717) is 22.3 Å². The van der Waals surface area contributed by atoms with Crippen molar-refractivity contribution in [2.45, 2.75) is 104 Å². The standard InChI is InChI=1S/C40H64N4O2/c1-7-9-11-13-15-19-29-43(3,4)31-21-27-41-35-25-26-36(38-37(35)39(45)33-23-17-18-24-34(33)40(38)46)42-28-22-32-44(5,6)30-20-16-14-12-10-8-2/h17-18,23-26H,7-16,19-22,27-32H2,1-6H3/p+2. The number of carbonyl (C=O) groups is 2. The van der Waals surface area contributed by atoms with Crippen LogP contribution in [0, 0.1) is 0 Å². The fourth-order valence-corrected chi connectivity index (χ4v) is 6.84. The van der Waals surface area contributed by atoms with Gasteiger partial charge in [0.2, 0.25) is 0 Å². The monoisotopic (exact) mass is 635 g/mol. The lowest BCUT2D eigenvalue weighted by Gasteiger charge is -2.30. The van der Waals surface area contributed by atoms with Crippen LogP contribution in [0.15, 0.2) is 36.4 Å². The zero-order valence-electron chi connectivity index (χ0n) is 30.3. The Balaban J connectivity index is 1.60. The van der Waals surface area contributed by atoms with Gasteiger partial charge in [-0.05, 0) is 37.8 Å². The molecule has 0 radical (unpaired) electrons. The molecule has 6 nitrogen and oxygen atoms in total. The average Bonchev–Trinajstić information content (AvgIpc) is 3.03. The van der Waals surface area contributed by atoms with Crippen molar-refractivity contribution >= 4 is 22.9 Å². The number of nitrogens with one attached hydrogen (secondary N) is 2. The van der Waals surface area contributed by atoms with Crippen LogP contribution in [0.4, 0.5) is 11.4 Å². The molecule has 0 fully saturated rings. The van der Waals surface area contributed by atoms with E-state index in [-0.39, 0.29) is 11.6 Å². The predicted octanol–water partition coefficient (Wildman–Crippen LogP) is 8.94. The van der Waals surface area contributed by atoms with Gasteiger partial charge in [0.25, 0.3) is 0 Å². The highest BCUT2D eigenvalue weighted by Crippen LogP contribution is 2.36. The van der Waals surface area contributed by atoms with Crippen molar-refractivity contribution in [3.8, 4) is 0 Å². The first-order chi connectivity index (χ1) is 22.1. The quantitative estimate of drug-likeness (QED) is 0.0763. The number of hydrogen-bond acceptors (Lipinski definition) is 4. The van der Waals surface area contributed by atoms with Gasteiger partial charge in [0.1, 0.15) is 0 Å². The second kappa shape index (κ2) is 19.2. The molecule has 3 rings (SSSR count). The maximum Gasteiger partial charge on any atom is 0.196 e. The molecule has 0 aromatic heterocycles. The molecule has 46 heavy (non-hydrogen) atoms. The van der Waals surface area contributed by atoms with Gasteiger partial charge >= 0.3 is 0 Å². The molecule has 0 heterocycles. The third-order valence-electron chi connectivity index (χ3n) is 9.82. The Kier molecular flexibility index (Phi) is 15.8. The third-order valence-corrected chi connectivity index (χ3v) is 9.82. The van der Waals surface area contributed by atoms with Crippen molar-refractivity contribution < 1.29 is 18.6 Å². The molecule has 1 aliphatic carbocycles. The first-order valence-electron chi connectivity index (χ1n) is 18.6. The Bertz CT molecular complexity index is 1140. The minimum atomic E-state index is -0.0627. The van der Waals surface area contributed by atoms with Gasteiger partial charge in [-0.3, -0.25) is 9.59 Å². The molecule has 2 aromatic carbocycles. The number of nitrogens with zero attached hydrogens (tertiary/aromatic N) is 2. The Morgan fingerprint density at radius 2 is 0.826 bits per heavy atom. The summed E-state index contributed by atoms with van der Waals surface area (Å²) in [7, 11) is 9.29. The lowest BCUT2D eigenvalue weighted by atomic mass is 9.82. The van der Waals surface area contributed by atoms with Gasteiger partial charge in [-0.2, -0.15) is 0 Å². The van der Waals surface area contributed by atoms with Gasteiger partial charge in [-0.1, -0.05) is 89.5 Å². The fourth-order valence-electron chi connectivity index (χ4n) is 6.84. The topological polar surface area (TPSA) is 58.2 Å². The molecule has 0 aliphatic heterocycles.